The van der Waals surface area contributed by atoms with Crippen LogP contribution in [0.5, 0.6) is 5.75 Å². The lowest BCUT2D eigenvalue weighted by Gasteiger charge is -2.23. The Balaban J connectivity index is 1.81. The van der Waals surface area contributed by atoms with E-state index in [4.69, 9.17) is 4.74 Å². The monoisotopic (exact) mass is 311 g/mol. The molecule has 4 heteroatoms. The Labute approximate surface area is 138 Å². The van der Waals surface area contributed by atoms with E-state index in [1.165, 1.54) is 5.56 Å². The summed E-state index contributed by atoms with van der Waals surface area (Å²) in [7, 11) is 1.71. The zero-order valence-electron chi connectivity index (χ0n) is 14.4. The molecule has 1 fully saturated rings. The fourth-order valence-electron chi connectivity index (χ4n) is 3.41. The molecule has 2 heterocycles. The molecule has 23 heavy (non-hydrogen) atoms. The van der Waals surface area contributed by atoms with Gasteiger partial charge in [0.05, 0.1) is 7.11 Å². The van der Waals surface area contributed by atoms with Crippen LogP contribution in [0.4, 0.5) is 5.82 Å². The first-order chi connectivity index (χ1) is 11.1. The van der Waals surface area contributed by atoms with Crippen LogP contribution < -0.4 is 9.64 Å². The highest BCUT2D eigenvalue weighted by atomic mass is 16.5. The van der Waals surface area contributed by atoms with E-state index in [9.17, 15) is 0 Å². The maximum absolute atomic E-state index is 5.25. The lowest BCUT2D eigenvalue weighted by Crippen LogP contribution is -2.28. The smallest absolute Gasteiger partial charge is 0.132 e. The minimum atomic E-state index is 0.487. The van der Waals surface area contributed by atoms with Crippen LogP contribution in [-0.2, 0) is 6.42 Å². The Bertz CT molecular complexity index is 669. The molecule has 2 atom stereocenters. The molecule has 4 nitrogen and oxygen atoms in total. The van der Waals surface area contributed by atoms with Crippen molar-refractivity contribution in [2.75, 3.05) is 18.6 Å². The molecular formula is C19H25N3O. The van der Waals surface area contributed by atoms with Crippen LogP contribution >= 0.6 is 0 Å². The summed E-state index contributed by atoms with van der Waals surface area (Å²) < 4.78 is 5.25. The molecule has 0 saturated carbocycles. The van der Waals surface area contributed by atoms with Crippen LogP contribution in [0.3, 0.4) is 0 Å². The maximum Gasteiger partial charge on any atom is 0.132 e. The van der Waals surface area contributed by atoms with Gasteiger partial charge in [0.25, 0.3) is 0 Å². The van der Waals surface area contributed by atoms with E-state index in [1.807, 2.05) is 19.1 Å². The molecule has 0 spiro atoms. The fraction of sp³-hybridized carbons (Fsp3) is 0.474. The molecule has 1 aromatic heterocycles. The third-order valence-corrected chi connectivity index (χ3v) is 4.70. The zero-order chi connectivity index (χ0) is 16.4. The fourth-order valence-corrected chi connectivity index (χ4v) is 3.41. The highest BCUT2D eigenvalue weighted by Crippen LogP contribution is 2.35. The second-order valence-corrected chi connectivity index (χ2v) is 6.33. The lowest BCUT2D eigenvalue weighted by atomic mass is 9.97. The molecule has 1 saturated heterocycles. The van der Waals surface area contributed by atoms with E-state index in [0.717, 1.165) is 42.5 Å². The van der Waals surface area contributed by atoms with Gasteiger partial charge in [-0.15, -0.1) is 0 Å². The van der Waals surface area contributed by atoms with E-state index in [-0.39, 0.29) is 0 Å². The summed E-state index contributed by atoms with van der Waals surface area (Å²) in [5.41, 5.74) is 2.49. The molecule has 122 valence electrons. The molecule has 2 aromatic rings. The summed E-state index contributed by atoms with van der Waals surface area (Å²) >= 11 is 0. The minimum Gasteiger partial charge on any atom is -0.497 e. The molecule has 0 radical (unpaired) electrons. The molecule has 3 rings (SSSR count). The zero-order valence-corrected chi connectivity index (χ0v) is 14.4. The van der Waals surface area contributed by atoms with E-state index in [0.29, 0.717) is 12.0 Å². The van der Waals surface area contributed by atoms with E-state index in [1.54, 1.807) is 7.11 Å². The third kappa shape index (κ3) is 3.31. The van der Waals surface area contributed by atoms with Crippen molar-refractivity contribution in [2.45, 2.75) is 45.6 Å². The van der Waals surface area contributed by atoms with Crippen molar-refractivity contribution in [2.24, 2.45) is 0 Å². The van der Waals surface area contributed by atoms with Gasteiger partial charge in [-0.05, 0) is 44.4 Å². The second-order valence-electron chi connectivity index (χ2n) is 6.33. The van der Waals surface area contributed by atoms with Crippen molar-refractivity contribution in [3.63, 3.8) is 0 Å². The van der Waals surface area contributed by atoms with Crippen molar-refractivity contribution in [1.82, 2.24) is 9.97 Å². The molecule has 0 amide bonds. The van der Waals surface area contributed by atoms with Crippen molar-refractivity contribution in [3.05, 3.63) is 47.4 Å². The Hall–Kier alpha value is -2.10. The van der Waals surface area contributed by atoms with Crippen LogP contribution in [0.25, 0.3) is 0 Å². The first-order valence-electron chi connectivity index (χ1n) is 8.35. The van der Waals surface area contributed by atoms with Gasteiger partial charge in [0.2, 0.25) is 0 Å². The van der Waals surface area contributed by atoms with Gasteiger partial charge in [0.15, 0.2) is 0 Å². The molecular weight excluding hydrogens is 286 g/mol. The summed E-state index contributed by atoms with van der Waals surface area (Å²) in [6.07, 6.45) is 2.09. The van der Waals surface area contributed by atoms with Crippen LogP contribution in [0.1, 0.15) is 43.3 Å². The van der Waals surface area contributed by atoms with Gasteiger partial charge in [-0.1, -0.05) is 19.1 Å². The van der Waals surface area contributed by atoms with Gasteiger partial charge < -0.3 is 9.64 Å². The van der Waals surface area contributed by atoms with Crippen molar-refractivity contribution in [1.29, 1.82) is 0 Å². The number of rotatable bonds is 4. The Morgan fingerprint density at radius 1 is 1.22 bits per heavy atom. The summed E-state index contributed by atoms with van der Waals surface area (Å²) in [4.78, 5) is 11.6. The number of anilines is 1. The molecule has 0 N–H and O–H groups in total. The number of aryl methyl sites for hydroxylation is 2. The van der Waals surface area contributed by atoms with Gasteiger partial charge in [0.1, 0.15) is 17.4 Å². The highest BCUT2D eigenvalue weighted by molar-refractivity contribution is 5.45. The summed E-state index contributed by atoms with van der Waals surface area (Å²) in [6.45, 7) is 7.41. The van der Waals surface area contributed by atoms with Crippen LogP contribution in [0.2, 0.25) is 0 Å². The molecule has 1 aromatic carbocycles. The van der Waals surface area contributed by atoms with Crippen molar-refractivity contribution in [3.8, 4) is 5.75 Å². The predicted molar refractivity (Wildman–Crippen MR) is 93.3 cm³/mol. The number of methoxy groups -OCH3 is 1. The first kappa shape index (κ1) is 15.8. The van der Waals surface area contributed by atoms with Gasteiger partial charge in [-0.3, -0.25) is 0 Å². The van der Waals surface area contributed by atoms with Gasteiger partial charge in [-0.2, -0.15) is 0 Å². The van der Waals surface area contributed by atoms with Gasteiger partial charge >= 0.3 is 0 Å². The second kappa shape index (κ2) is 6.57. The first-order valence-corrected chi connectivity index (χ1v) is 8.35. The highest BCUT2D eigenvalue weighted by Gasteiger charge is 2.31. The largest absolute Gasteiger partial charge is 0.497 e. The minimum absolute atomic E-state index is 0.487. The van der Waals surface area contributed by atoms with Crippen LogP contribution in [-0.4, -0.2) is 29.7 Å². The van der Waals surface area contributed by atoms with Gasteiger partial charge in [0, 0.05) is 30.3 Å². The number of nitrogens with zero attached hydrogens (tertiary/aromatic N) is 3. The molecule has 2 unspecified atom stereocenters. The Kier molecular flexibility index (Phi) is 4.51. The number of hydrogen-bond donors (Lipinski definition) is 0. The predicted octanol–water partition coefficient (Wildman–Crippen LogP) is 3.74. The third-order valence-electron chi connectivity index (χ3n) is 4.70. The number of hydrogen-bond acceptors (Lipinski definition) is 4. The van der Waals surface area contributed by atoms with E-state index < -0.39 is 0 Å². The van der Waals surface area contributed by atoms with Crippen LogP contribution in [0, 0.1) is 6.92 Å². The Morgan fingerprint density at radius 3 is 2.61 bits per heavy atom. The maximum atomic E-state index is 5.25. The molecule has 0 aliphatic carbocycles. The summed E-state index contributed by atoms with van der Waals surface area (Å²) in [5, 5.41) is 0. The SMILES string of the molecule is CCc1cc(N2CC(c3ccc(OC)cc3)CC2C)nc(C)n1. The standard InChI is InChI=1S/C19H25N3O/c1-5-17-11-19(21-14(3)20-17)22-12-16(10-13(22)2)15-6-8-18(23-4)9-7-15/h6-9,11,13,16H,5,10,12H2,1-4H3. The van der Waals surface area contributed by atoms with Crippen molar-refractivity contribution >= 4 is 5.82 Å². The quantitative estimate of drug-likeness (QED) is 0.862. The summed E-state index contributed by atoms with van der Waals surface area (Å²) in [6, 6.07) is 11.1. The number of ether oxygens (including phenoxy) is 1. The number of benzene rings is 1. The molecule has 1 aliphatic rings. The molecule has 1 aliphatic heterocycles. The topological polar surface area (TPSA) is 38.2 Å². The van der Waals surface area contributed by atoms with E-state index in [2.05, 4.69) is 46.9 Å². The summed E-state index contributed by atoms with van der Waals surface area (Å²) in [5.74, 6) is 3.38. The van der Waals surface area contributed by atoms with Crippen LogP contribution in [0.15, 0.2) is 30.3 Å². The average Bonchev–Trinajstić information content (AvgIpc) is 2.96. The van der Waals surface area contributed by atoms with Crippen molar-refractivity contribution < 1.29 is 4.74 Å². The van der Waals surface area contributed by atoms with Gasteiger partial charge in [-0.25, -0.2) is 9.97 Å². The normalized spacial score (nSPS) is 20.8. The van der Waals surface area contributed by atoms with E-state index >= 15 is 0 Å². The Morgan fingerprint density at radius 2 is 1.96 bits per heavy atom. The lowest BCUT2D eigenvalue weighted by molar-refractivity contribution is 0.414. The number of aromatic nitrogens is 2. The molecule has 0 bridgehead atoms. The average molecular weight is 311 g/mol.